The van der Waals surface area contributed by atoms with E-state index >= 15 is 0 Å². The van der Waals surface area contributed by atoms with Crippen LogP contribution in [0.1, 0.15) is 10.4 Å². The minimum absolute atomic E-state index is 0.0503. The Bertz CT molecular complexity index is 441. The molecule has 5 nitrogen and oxygen atoms in total. The summed E-state index contributed by atoms with van der Waals surface area (Å²) in [6.07, 6.45) is 0. The third-order valence-corrected chi connectivity index (χ3v) is 1.92. The normalized spacial score (nSPS) is 9.69. The predicted octanol–water partition coefficient (Wildman–Crippen LogP) is 1.11. The van der Waals surface area contributed by atoms with E-state index in [-0.39, 0.29) is 5.75 Å². The van der Waals surface area contributed by atoms with Gasteiger partial charge in [-0.25, -0.2) is 9.18 Å². The number of hydrogen-bond donors (Lipinski definition) is 1. The molecule has 0 saturated carbocycles. The molecule has 0 radical (unpaired) electrons. The number of aliphatic carboxylic acids is 1. The van der Waals surface area contributed by atoms with E-state index in [0.29, 0.717) is 0 Å². The molecular formula is C10H9FO5. The van der Waals surface area contributed by atoms with Crippen LogP contribution in [0.25, 0.3) is 0 Å². The van der Waals surface area contributed by atoms with Gasteiger partial charge in [0, 0.05) is 0 Å². The lowest BCUT2D eigenvalue weighted by Crippen LogP contribution is -2.15. The fourth-order valence-corrected chi connectivity index (χ4v) is 1.23. The number of ketones is 1. The molecule has 0 aliphatic carbocycles. The molecule has 1 N–H and O–H groups in total. The monoisotopic (exact) mass is 228 g/mol. The zero-order valence-electron chi connectivity index (χ0n) is 8.61. The molecule has 86 valence electrons. The Morgan fingerprint density at radius 3 is 2.31 bits per heavy atom. The molecule has 0 aromatic heterocycles. The summed E-state index contributed by atoms with van der Waals surface area (Å²) in [7, 11) is 2.38. The van der Waals surface area contributed by atoms with Crippen molar-refractivity contribution in [2.75, 3.05) is 14.2 Å². The van der Waals surface area contributed by atoms with Crippen LogP contribution in [0.4, 0.5) is 4.39 Å². The lowest BCUT2D eigenvalue weighted by molar-refractivity contribution is -0.131. The summed E-state index contributed by atoms with van der Waals surface area (Å²) in [5.41, 5.74) is -0.433. The molecular weight excluding hydrogens is 219 g/mol. The molecule has 0 heterocycles. The first-order chi connectivity index (χ1) is 7.52. The predicted molar refractivity (Wildman–Crippen MR) is 51.5 cm³/mol. The summed E-state index contributed by atoms with van der Waals surface area (Å²) in [5, 5.41) is 8.58. The number of Topliss-reactive ketones (excluding diaryl/α,β-unsaturated/α-hetero) is 1. The first-order valence-electron chi connectivity index (χ1n) is 4.21. The van der Waals surface area contributed by atoms with E-state index in [1.807, 2.05) is 0 Å². The van der Waals surface area contributed by atoms with Gasteiger partial charge in [-0.05, 0) is 12.1 Å². The second-order valence-electron chi connectivity index (χ2n) is 2.79. The number of hydrogen-bond acceptors (Lipinski definition) is 4. The highest BCUT2D eigenvalue weighted by molar-refractivity contribution is 6.41. The van der Waals surface area contributed by atoms with Crippen molar-refractivity contribution in [3.63, 3.8) is 0 Å². The van der Waals surface area contributed by atoms with Crippen molar-refractivity contribution in [2.24, 2.45) is 0 Å². The molecule has 0 bridgehead atoms. The average Bonchev–Trinajstić information content (AvgIpc) is 2.27. The standard InChI is InChI=1S/C10H9FO5/c1-15-6-4-3-5(11)9(16-2)7(6)8(12)10(13)14/h3-4H,1-2H3,(H,13,14). The number of carboxylic acid groups (broad SMARTS) is 1. The van der Waals surface area contributed by atoms with Gasteiger partial charge in [-0.3, -0.25) is 4.79 Å². The van der Waals surface area contributed by atoms with Crippen LogP contribution in [0.3, 0.4) is 0 Å². The number of rotatable bonds is 4. The van der Waals surface area contributed by atoms with Crippen LogP contribution in [0.15, 0.2) is 12.1 Å². The molecule has 0 aliphatic rings. The molecule has 6 heteroatoms. The Balaban J connectivity index is 3.48. The minimum atomic E-state index is -1.71. The van der Waals surface area contributed by atoms with E-state index in [4.69, 9.17) is 9.84 Å². The van der Waals surface area contributed by atoms with Crippen LogP contribution >= 0.6 is 0 Å². The first kappa shape index (κ1) is 12.0. The number of carbonyl (C=O) groups excluding carboxylic acids is 1. The smallest absolute Gasteiger partial charge is 0.377 e. The summed E-state index contributed by atoms with van der Waals surface area (Å²) >= 11 is 0. The van der Waals surface area contributed by atoms with Crippen molar-refractivity contribution in [2.45, 2.75) is 0 Å². The van der Waals surface area contributed by atoms with E-state index in [1.165, 1.54) is 7.11 Å². The summed E-state index contributed by atoms with van der Waals surface area (Å²) in [6, 6.07) is 2.18. The summed E-state index contributed by atoms with van der Waals surface area (Å²) in [4.78, 5) is 21.9. The second kappa shape index (κ2) is 4.61. The average molecular weight is 228 g/mol. The van der Waals surface area contributed by atoms with Crippen molar-refractivity contribution in [3.05, 3.63) is 23.5 Å². The highest BCUT2D eigenvalue weighted by atomic mass is 19.1. The Hall–Kier alpha value is -2.11. The van der Waals surface area contributed by atoms with Gasteiger partial charge >= 0.3 is 5.97 Å². The Kier molecular flexibility index (Phi) is 3.44. The third kappa shape index (κ3) is 1.95. The van der Waals surface area contributed by atoms with Crippen LogP contribution in [-0.2, 0) is 4.79 Å². The number of methoxy groups -OCH3 is 2. The molecule has 0 aliphatic heterocycles. The number of benzene rings is 1. The van der Waals surface area contributed by atoms with Crippen molar-refractivity contribution in [1.29, 1.82) is 0 Å². The topological polar surface area (TPSA) is 72.8 Å². The second-order valence-corrected chi connectivity index (χ2v) is 2.79. The summed E-state index contributed by atoms with van der Waals surface area (Å²) in [6.45, 7) is 0. The quantitative estimate of drug-likeness (QED) is 0.617. The number of carboxylic acids is 1. The molecule has 0 spiro atoms. The minimum Gasteiger partial charge on any atom is -0.496 e. The zero-order chi connectivity index (χ0) is 12.3. The van der Waals surface area contributed by atoms with E-state index in [9.17, 15) is 14.0 Å². The fourth-order valence-electron chi connectivity index (χ4n) is 1.23. The first-order valence-corrected chi connectivity index (χ1v) is 4.21. The van der Waals surface area contributed by atoms with Gasteiger partial charge in [-0.1, -0.05) is 0 Å². The van der Waals surface area contributed by atoms with Gasteiger partial charge < -0.3 is 14.6 Å². The maximum absolute atomic E-state index is 13.3. The molecule has 0 fully saturated rings. The van der Waals surface area contributed by atoms with Crippen molar-refractivity contribution in [3.8, 4) is 11.5 Å². The van der Waals surface area contributed by atoms with Gasteiger partial charge in [0.05, 0.1) is 14.2 Å². The SMILES string of the molecule is COc1ccc(F)c(OC)c1C(=O)C(=O)O. The highest BCUT2D eigenvalue weighted by Gasteiger charge is 2.26. The highest BCUT2D eigenvalue weighted by Crippen LogP contribution is 2.31. The third-order valence-electron chi connectivity index (χ3n) is 1.92. The van der Waals surface area contributed by atoms with Crippen LogP contribution < -0.4 is 9.47 Å². The van der Waals surface area contributed by atoms with E-state index in [0.717, 1.165) is 19.2 Å². The molecule has 0 unspecified atom stereocenters. The fraction of sp³-hybridized carbons (Fsp3) is 0.200. The van der Waals surface area contributed by atoms with Crippen molar-refractivity contribution >= 4 is 11.8 Å². The lowest BCUT2D eigenvalue weighted by Gasteiger charge is -2.10. The maximum Gasteiger partial charge on any atom is 0.377 e. The van der Waals surface area contributed by atoms with Crippen molar-refractivity contribution in [1.82, 2.24) is 0 Å². The number of halogens is 1. The van der Waals surface area contributed by atoms with Crippen LogP contribution in [0.5, 0.6) is 11.5 Å². The lowest BCUT2D eigenvalue weighted by atomic mass is 10.1. The van der Waals surface area contributed by atoms with Gasteiger partial charge in [-0.15, -0.1) is 0 Å². The maximum atomic E-state index is 13.3. The van der Waals surface area contributed by atoms with E-state index in [2.05, 4.69) is 4.74 Å². The molecule has 1 aromatic rings. The van der Waals surface area contributed by atoms with Crippen molar-refractivity contribution < 1.29 is 28.6 Å². The largest absolute Gasteiger partial charge is 0.496 e. The zero-order valence-corrected chi connectivity index (χ0v) is 8.61. The Labute approximate surface area is 90.4 Å². The molecule has 0 saturated heterocycles. The summed E-state index contributed by atoms with van der Waals surface area (Å²) < 4.78 is 22.7. The molecule has 16 heavy (non-hydrogen) atoms. The molecule has 0 atom stereocenters. The van der Waals surface area contributed by atoms with Crippen LogP contribution in [0.2, 0.25) is 0 Å². The van der Waals surface area contributed by atoms with Crippen LogP contribution in [-0.4, -0.2) is 31.1 Å². The van der Waals surface area contributed by atoms with Gasteiger partial charge in [-0.2, -0.15) is 0 Å². The Morgan fingerprint density at radius 1 is 1.25 bits per heavy atom. The van der Waals surface area contributed by atoms with Gasteiger partial charge in [0.2, 0.25) is 0 Å². The molecule has 0 amide bonds. The number of ether oxygens (including phenoxy) is 2. The van der Waals surface area contributed by atoms with Crippen LogP contribution in [0, 0.1) is 5.82 Å². The van der Waals surface area contributed by atoms with E-state index < -0.39 is 28.9 Å². The van der Waals surface area contributed by atoms with E-state index in [1.54, 1.807) is 0 Å². The van der Waals surface area contributed by atoms with Gasteiger partial charge in [0.1, 0.15) is 11.3 Å². The molecule has 1 rings (SSSR count). The summed E-state index contributed by atoms with van der Waals surface area (Å²) in [5.74, 6) is -4.30. The molecule has 1 aromatic carbocycles. The number of carbonyl (C=O) groups is 2. The van der Waals surface area contributed by atoms with Gasteiger partial charge in [0.15, 0.2) is 11.6 Å². The van der Waals surface area contributed by atoms with Gasteiger partial charge in [0.25, 0.3) is 5.78 Å². The Morgan fingerprint density at radius 2 is 1.88 bits per heavy atom.